The van der Waals surface area contributed by atoms with Crippen molar-refractivity contribution in [1.29, 1.82) is 0 Å². The van der Waals surface area contributed by atoms with E-state index in [0.717, 1.165) is 42.4 Å². The van der Waals surface area contributed by atoms with Gasteiger partial charge in [0.25, 0.3) is 0 Å². The Morgan fingerprint density at radius 1 is 1.25 bits per heavy atom. The van der Waals surface area contributed by atoms with Crippen molar-refractivity contribution in [3.8, 4) is 0 Å². The van der Waals surface area contributed by atoms with Crippen LogP contribution in [0.25, 0.3) is 6.08 Å². The molecule has 1 saturated heterocycles. The fourth-order valence-electron chi connectivity index (χ4n) is 2.65. The van der Waals surface area contributed by atoms with Crippen LogP contribution in [0, 0.1) is 0 Å². The van der Waals surface area contributed by atoms with Crippen LogP contribution in [0.15, 0.2) is 41.8 Å². The molecule has 1 fully saturated rings. The summed E-state index contributed by atoms with van der Waals surface area (Å²) in [6.07, 6.45) is 3.38. The zero-order valence-electron chi connectivity index (χ0n) is 13.5. The standard InChI is InChI=1S/C18H20ClN3OS/c1-21-8-10-22(11-9-21)17-6-4-14(19)13-16(17)20-18(23)7-5-15-3-2-12-24-15/h2-7,12-13H,8-11H2,1H3,(H,20,23)/b7-5-. The highest BCUT2D eigenvalue weighted by Gasteiger charge is 2.18. The first-order valence-corrected chi connectivity index (χ1v) is 9.13. The molecular weight excluding hydrogens is 342 g/mol. The van der Waals surface area contributed by atoms with Crippen LogP contribution in [-0.4, -0.2) is 44.0 Å². The van der Waals surface area contributed by atoms with Crippen molar-refractivity contribution in [2.24, 2.45) is 0 Å². The highest BCUT2D eigenvalue weighted by atomic mass is 35.5. The van der Waals surface area contributed by atoms with Crippen LogP contribution in [-0.2, 0) is 4.79 Å². The molecule has 1 amide bonds. The van der Waals surface area contributed by atoms with Crippen LogP contribution in [0.2, 0.25) is 5.02 Å². The summed E-state index contributed by atoms with van der Waals surface area (Å²) in [6, 6.07) is 9.60. The SMILES string of the molecule is CN1CCN(c2ccc(Cl)cc2NC(=O)/C=C\c2cccs2)CC1. The minimum Gasteiger partial charge on any atom is -0.367 e. The maximum atomic E-state index is 12.2. The van der Waals surface area contributed by atoms with E-state index in [2.05, 4.69) is 22.2 Å². The number of likely N-dealkylation sites (N-methyl/N-ethyl adjacent to an activating group) is 1. The van der Waals surface area contributed by atoms with Crippen molar-refractivity contribution in [3.05, 3.63) is 51.7 Å². The second-order valence-corrected chi connectivity index (χ2v) is 7.21. The fourth-order valence-corrected chi connectivity index (χ4v) is 3.44. The van der Waals surface area contributed by atoms with Crippen molar-refractivity contribution in [2.45, 2.75) is 0 Å². The molecule has 6 heteroatoms. The van der Waals surface area contributed by atoms with E-state index in [1.165, 1.54) is 0 Å². The Hall–Kier alpha value is -1.82. The summed E-state index contributed by atoms with van der Waals surface area (Å²) in [5, 5.41) is 5.56. The topological polar surface area (TPSA) is 35.6 Å². The molecule has 1 aromatic heterocycles. The molecule has 0 aliphatic carbocycles. The van der Waals surface area contributed by atoms with Crippen LogP contribution < -0.4 is 10.2 Å². The summed E-state index contributed by atoms with van der Waals surface area (Å²) in [5.41, 5.74) is 1.78. The molecule has 3 rings (SSSR count). The smallest absolute Gasteiger partial charge is 0.248 e. The molecule has 24 heavy (non-hydrogen) atoms. The maximum Gasteiger partial charge on any atom is 0.248 e. The Kier molecular flexibility index (Phi) is 5.56. The number of thiophene rings is 1. The molecule has 2 heterocycles. The molecule has 0 bridgehead atoms. The Morgan fingerprint density at radius 2 is 2.04 bits per heavy atom. The zero-order valence-corrected chi connectivity index (χ0v) is 15.1. The normalized spacial score (nSPS) is 15.8. The number of anilines is 2. The number of hydrogen-bond acceptors (Lipinski definition) is 4. The molecule has 4 nitrogen and oxygen atoms in total. The Morgan fingerprint density at radius 3 is 2.75 bits per heavy atom. The van der Waals surface area contributed by atoms with E-state index in [1.54, 1.807) is 17.4 Å². The predicted molar refractivity (Wildman–Crippen MR) is 103 cm³/mol. The molecule has 0 saturated carbocycles. The molecular formula is C18H20ClN3OS. The summed E-state index contributed by atoms with van der Waals surface area (Å²) in [6.45, 7) is 3.89. The molecule has 0 spiro atoms. The van der Waals surface area contributed by atoms with Crippen LogP contribution in [0.5, 0.6) is 0 Å². The number of piperazine rings is 1. The van der Waals surface area contributed by atoms with Gasteiger partial charge in [0.2, 0.25) is 5.91 Å². The molecule has 0 atom stereocenters. The average molecular weight is 362 g/mol. The summed E-state index contributed by atoms with van der Waals surface area (Å²) in [7, 11) is 2.12. The Balaban J connectivity index is 1.74. The van der Waals surface area contributed by atoms with E-state index < -0.39 is 0 Å². The predicted octanol–water partition coefficient (Wildman–Crippen LogP) is 3.81. The van der Waals surface area contributed by atoms with Crippen molar-refractivity contribution in [1.82, 2.24) is 4.90 Å². The van der Waals surface area contributed by atoms with Gasteiger partial charge < -0.3 is 15.1 Å². The lowest BCUT2D eigenvalue weighted by Crippen LogP contribution is -2.44. The van der Waals surface area contributed by atoms with Gasteiger partial charge in [-0.1, -0.05) is 17.7 Å². The van der Waals surface area contributed by atoms with Gasteiger partial charge in [0.1, 0.15) is 0 Å². The molecule has 0 radical (unpaired) electrons. The Labute approximate surface area is 151 Å². The lowest BCUT2D eigenvalue weighted by atomic mass is 10.2. The molecule has 126 valence electrons. The molecule has 2 aromatic rings. The lowest BCUT2D eigenvalue weighted by Gasteiger charge is -2.35. The van der Waals surface area contributed by atoms with E-state index >= 15 is 0 Å². The van der Waals surface area contributed by atoms with E-state index in [0.29, 0.717) is 5.02 Å². The quantitative estimate of drug-likeness (QED) is 0.841. The number of halogens is 1. The Bertz CT molecular complexity index is 722. The highest BCUT2D eigenvalue weighted by molar-refractivity contribution is 7.10. The third-order valence-electron chi connectivity index (χ3n) is 4.00. The number of nitrogens with one attached hydrogen (secondary N) is 1. The average Bonchev–Trinajstić information content (AvgIpc) is 3.08. The van der Waals surface area contributed by atoms with E-state index in [4.69, 9.17) is 11.6 Å². The number of carbonyl (C=O) groups is 1. The van der Waals surface area contributed by atoms with Gasteiger partial charge in [-0.3, -0.25) is 4.79 Å². The molecule has 1 aliphatic rings. The number of carbonyl (C=O) groups excluding carboxylic acids is 1. The molecule has 1 aliphatic heterocycles. The first-order chi connectivity index (χ1) is 11.6. The van der Waals surface area contributed by atoms with Gasteiger partial charge in [0, 0.05) is 42.2 Å². The number of rotatable bonds is 4. The molecule has 1 aromatic carbocycles. The van der Waals surface area contributed by atoms with Crippen molar-refractivity contribution >= 4 is 46.3 Å². The number of amides is 1. The monoisotopic (exact) mass is 361 g/mol. The minimum absolute atomic E-state index is 0.152. The van der Waals surface area contributed by atoms with Crippen molar-refractivity contribution in [2.75, 3.05) is 43.4 Å². The number of nitrogens with zero attached hydrogens (tertiary/aromatic N) is 2. The van der Waals surface area contributed by atoms with Gasteiger partial charge in [0.15, 0.2) is 0 Å². The van der Waals surface area contributed by atoms with Crippen LogP contribution in [0.1, 0.15) is 4.88 Å². The summed E-state index contributed by atoms with van der Waals surface area (Å²) >= 11 is 7.73. The molecule has 1 N–H and O–H groups in total. The van der Waals surface area contributed by atoms with Crippen LogP contribution in [0.4, 0.5) is 11.4 Å². The first-order valence-electron chi connectivity index (χ1n) is 7.87. The second-order valence-electron chi connectivity index (χ2n) is 5.79. The second kappa shape index (κ2) is 7.83. The molecule has 0 unspecified atom stereocenters. The summed E-state index contributed by atoms with van der Waals surface area (Å²) in [4.78, 5) is 17.9. The third kappa shape index (κ3) is 4.38. The van der Waals surface area contributed by atoms with Gasteiger partial charge in [-0.15, -0.1) is 11.3 Å². The van der Waals surface area contributed by atoms with Gasteiger partial charge >= 0.3 is 0 Å². The van der Waals surface area contributed by atoms with Gasteiger partial charge in [-0.05, 0) is 42.8 Å². The van der Waals surface area contributed by atoms with Crippen molar-refractivity contribution in [3.63, 3.8) is 0 Å². The minimum atomic E-state index is -0.152. The highest BCUT2D eigenvalue weighted by Crippen LogP contribution is 2.30. The van der Waals surface area contributed by atoms with E-state index in [-0.39, 0.29) is 5.91 Å². The maximum absolute atomic E-state index is 12.2. The van der Waals surface area contributed by atoms with Crippen LogP contribution >= 0.6 is 22.9 Å². The van der Waals surface area contributed by atoms with E-state index in [9.17, 15) is 4.79 Å². The largest absolute Gasteiger partial charge is 0.367 e. The van der Waals surface area contributed by atoms with E-state index in [1.807, 2.05) is 41.8 Å². The fraction of sp³-hybridized carbons (Fsp3) is 0.278. The first kappa shape index (κ1) is 17.0. The zero-order chi connectivity index (χ0) is 16.9. The number of benzene rings is 1. The summed E-state index contributed by atoms with van der Waals surface area (Å²) in [5.74, 6) is -0.152. The number of hydrogen-bond donors (Lipinski definition) is 1. The van der Waals surface area contributed by atoms with Crippen molar-refractivity contribution < 1.29 is 4.79 Å². The van der Waals surface area contributed by atoms with Crippen LogP contribution in [0.3, 0.4) is 0 Å². The van der Waals surface area contributed by atoms with Gasteiger partial charge in [0.05, 0.1) is 11.4 Å². The summed E-state index contributed by atoms with van der Waals surface area (Å²) < 4.78 is 0. The van der Waals surface area contributed by atoms with Gasteiger partial charge in [-0.25, -0.2) is 0 Å². The third-order valence-corrected chi connectivity index (χ3v) is 5.08. The lowest BCUT2D eigenvalue weighted by molar-refractivity contribution is -0.111. The van der Waals surface area contributed by atoms with Gasteiger partial charge in [-0.2, -0.15) is 0 Å².